The van der Waals surface area contributed by atoms with E-state index in [-0.39, 0.29) is 11.5 Å². The second-order valence-corrected chi connectivity index (χ2v) is 6.31. The molecule has 0 amide bonds. The highest BCUT2D eigenvalue weighted by Crippen LogP contribution is 2.13. The number of aliphatic hydroxyl groups excluding tert-OH is 1. The second kappa shape index (κ2) is 7.73. The molecule has 0 saturated carbocycles. The Kier molecular flexibility index (Phi) is 6.61. The van der Waals surface area contributed by atoms with Gasteiger partial charge in [0.25, 0.3) is 10.1 Å². The van der Waals surface area contributed by atoms with Crippen molar-refractivity contribution in [3.8, 4) is 0 Å². The Bertz CT molecular complexity index is 494. The summed E-state index contributed by atoms with van der Waals surface area (Å²) in [5.41, 5.74) is 0.977. The minimum absolute atomic E-state index is 0.109. The van der Waals surface area contributed by atoms with Gasteiger partial charge in [0.05, 0.1) is 17.6 Å². The van der Waals surface area contributed by atoms with E-state index in [9.17, 15) is 13.5 Å². The van der Waals surface area contributed by atoms with E-state index in [2.05, 4.69) is 0 Å². The van der Waals surface area contributed by atoms with Crippen LogP contribution in [0.5, 0.6) is 0 Å². The minimum atomic E-state index is -3.80. The van der Waals surface area contributed by atoms with Crippen molar-refractivity contribution in [2.45, 2.75) is 31.8 Å². The molecule has 114 valence electrons. The standard InChI is InChI=1S/C14H23NO4S/c1-4-15(5-2)10-13(16)11-19-20(17,18)14-8-6-12(3)7-9-14/h6-9,13,16H,4-5,10-11H2,1-3H3. The van der Waals surface area contributed by atoms with E-state index in [0.29, 0.717) is 6.54 Å². The molecule has 0 bridgehead atoms. The van der Waals surface area contributed by atoms with Crippen molar-refractivity contribution in [1.82, 2.24) is 4.90 Å². The molecule has 1 atom stereocenters. The molecule has 0 aliphatic heterocycles. The van der Waals surface area contributed by atoms with Gasteiger partial charge in [0, 0.05) is 6.54 Å². The zero-order chi connectivity index (χ0) is 15.2. The second-order valence-electron chi connectivity index (χ2n) is 4.69. The number of hydrogen-bond acceptors (Lipinski definition) is 5. The van der Waals surface area contributed by atoms with E-state index in [1.165, 1.54) is 12.1 Å². The zero-order valence-corrected chi connectivity index (χ0v) is 13.1. The lowest BCUT2D eigenvalue weighted by molar-refractivity contribution is 0.0739. The minimum Gasteiger partial charge on any atom is -0.389 e. The van der Waals surface area contributed by atoms with E-state index in [1.54, 1.807) is 12.1 Å². The van der Waals surface area contributed by atoms with Crippen molar-refractivity contribution < 1.29 is 17.7 Å². The molecule has 6 heteroatoms. The van der Waals surface area contributed by atoms with Crippen molar-refractivity contribution in [1.29, 1.82) is 0 Å². The normalized spacial score (nSPS) is 13.7. The molecule has 1 unspecified atom stereocenters. The molecule has 1 aromatic rings. The Balaban J connectivity index is 2.57. The van der Waals surface area contributed by atoms with Crippen molar-refractivity contribution in [2.75, 3.05) is 26.2 Å². The van der Waals surface area contributed by atoms with Gasteiger partial charge < -0.3 is 10.0 Å². The average molecular weight is 301 g/mol. The van der Waals surface area contributed by atoms with Crippen molar-refractivity contribution in [3.63, 3.8) is 0 Å². The van der Waals surface area contributed by atoms with Crippen LogP contribution in [0.4, 0.5) is 0 Å². The van der Waals surface area contributed by atoms with E-state index in [4.69, 9.17) is 4.18 Å². The van der Waals surface area contributed by atoms with Gasteiger partial charge in [-0.2, -0.15) is 8.42 Å². The van der Waals surface area contributed by atoms with Gasteiger partial charge in [-0.05, 0) is 32.1 Å². The Hall–Kier alpha value is -0.950. The molecule has 1 aromatic carbocycles. The summed E-state index contributed by atoms with van der Waals surface area (Å²) in [6.45, 7) is 7.63. The maximum atomic E-state index is 11.9. The largest absolute Gasteiger partial charge is 0.389 e. The van der Waals surface area contributed by atoms with Gasteiger partial charge in [-0.3, -0.25) is 4.18 Å². The first-order valence-electron chi connectivity index (χ1n) is 6.75. The number of aryl methyl sites for hydroxylation is 1. The molecule has 0 saturated heterocycles. The first kappa shape index (κ1) is 17.1. The molecular formula is C14H23NO4S. The van der Waals surface area contributed by atoms with Gasteiger partial charge >= 0.3 is 0 Å². The molecule has 0 heterocycles. The van der Waals surface area contributed by atoms with E-state index >= 15 is 0 Å². The average Bonchev–Trinajstić information content (AvgIpc) is 2.43. The fraction of sp³-hybridized carbons (Fsp3) is 0.571. The number of hydrogen-bond donors (Lipinski definition) is 1. The molecule has 0 spiro atoms. The van der Waals surface area contributed by atoms with Crippen LogP contribution < -0.4 is 0 Å². The fourth-order valence-corrected chi connectivity index (χ4v) is 2.72. The van der Waals surface area contributed by atoms with Gasteiger partial charge in [-0.1, -0.05) is 31.5 Å². The summed E-state index contributed by atoms with van der Waals surface area (Å²) in [6, 6.07) is 6.42. The van der Waals surface area contributed by atoms with Crippen LogP contribution in [0.2, 0.25) is 0 Å². The summed E-state index contributed by atoms with van der Waals surface area (Å²) in [7, 11) is -3.80. The topological polar surface area (TPSA) is 66.8 Å². The van der Waals surface area contributed by atoms with Crippen LogP contribution >= 0.6 is 0 Å². The number of benzene rings is 1. The molecule has 20 heavy (non-hydrogen) atoms. The number of likely N-dealkylation sites (N-methyl/N-ethyl adjacent to an activating group) is 1. The van der Waals surface area contributed by atoms with Crippen LogP contribution in [0, 0.1) is 6.92 Å². The molecule has 0 aliphatic carbocycles. The summed E-state index contributed by atoms with van der Waals surface area (Å²) in [4.78, 5) is 2.12. The van der Waals surface area contributed by atoms with Crippen LogP contribution in [-0.2, 0) is 14.3 Å². The van der Waals surface area contributed by atoms with Gasteiger partial charge in [0.15, 0.2) is 0 Å². The molecular weight excluding hydrogens is 278 g/mol. The number of nitrogens with zero attached hydrogens (tertiary/aromatic N) is 1. The molecule has 0 fully saturated rings. The highest BCUT2D eigenvalue weighted by Gasteiger charge is 2.18. The van der Waals surface area contributed by atoms with Crippen LogP contribution in [0.1, 0.15) is 19.4 Å². The van der Waals surface area contributed by atoms with Gasteiger partial charge in [-0.15, -0.1) is 0 Å². The Labute approximate surface area is 121 Å². The van der Waals surface area contributed by atoms with Crippen LogP contribution in [0.15, 0.2) is 29.2 Å². The lowest BCUT2D eigenvalue weighted by Crippen LogP contribution is -2.35. The smallest absolute Gasteiger partial charge is 0.297 e. The highest BCUT2D eigenvalue weighted by atomic mass is 32.2. The van der Waals surface area contributed by atoms with Crippen LogP contribution in [-0.4, -0.2) is 50.8 Å². The summed E-state index contributed by atoms with van der Waals surface area (Å²) in [6.07, 6.45) is -0.824. The third-order valence-electron chi connectivity index (χ3n) is 3.09. The summed E-state index contributed by atoms with van der Waals surface area (Å²) in [5, 5.41) is 9.81. The number of rotatable bonds is 8. The third-order valence-corrected chi connectivity index (χ3v) is 4.38. The SMILES string of the molecule is CCN(CC)CC(O)COS(=O)(=O)c1ccc(C)cc1. The van der Waals surface area contributed by atoms with Crippen molar-refractivity contribution in [3.05, 3.63) is 29.8 Å². The first-order chi connectivity index (χ1) is 9.39. The van der Waals surface area contributed by atoms with Gasteiger partial charge in [-0.25, -0.2) is 0 Å². The summed E-state index contributed by atoms with van der Waals surface area (Å²) < 4.78 is 28.8. The van der Waals surface area contributed by atoms with E-state index < -0.39 is 16.2 Å². The van der Waals surface area contributed by atoms with E-state index in [1.807, 2.05) is 25.7 Å². The van der Waals surface area contributed by atoms with Gasteiger partial charge in [0.2, 0.25) is 0 Å². The van der Waals surface area contributed by atoms with Crippen molar-refractivity contribution in [2.24, 2.45) is 0 Å². The quantitative estimate of drug-likeness (QED) is 0.735. The summed E-state index contributed by atoms with van der Waals surface area (Å²) >= 11 is 0. The zero-order valence-electron chi connectivity index (χ0n) is 12.2. The summed E-state index contributed by atoms with van der Waals surface area (Å²) in [5.74, 6) is 0. The lowest BCUT2D eigenvalue weighted by Gasteiger charge is -2.21. The van der Waals surface area contributed by atoms with Crippen LogP contribution in [0.25, 0.3) is 0 Å². The Morgan fingerprint density at radius 1 is 1.20 bits per heavy atom. The predicted octanol–water partition coefficient (Wildman–Crippen LogP) is 1.40. The Morgan fingerprint density at radius 2 is 1.75 bits per heavy atom. The fourth-order valence-electron chi connectivity index (χ4n) is 1.77. The Morgan fingerprint density at radius 3 is 2.25 bits per heavy atom. The maximum Gasteiger partial charge on any atom is 0.297 e. The molecule has 0 aromatic heterocycles. The maximum absolute atomic E-state index is 11.9. The number of aliphatic hydroxyl groups is 1. The lowest BCUT2D eigenvalue weighted by atomic mass is 10.2. The van der Waals surface area contributed by atoms with E-state index in [0.717, 1.165) is 18.7 Å². The first-order valence-corrected chi connectivity index (χ1v) is 8.16. The third kappa shape index (κ3) is 5.20. The highest BCUT2D eigenvalue weighted by molar-refractivity contribution is 7.86. The molecule has 0 radical (unpaired) electrons. The molecule has 5 nitrogen and oxygen atoms in total. The van der Waals surface area contributed by atoms with Crippen molar-refractivity contribution >= 4 is 10.1 Å². The molecule has 0 aliphatic rings. The molecule has 1 rings (SSSR count). The monoisotopic (exact) mass is 301 g/mol. The van der Waals surface area contributed by atoms with Crippen LogP contribution in [0.3, 0.4) is 0 Å². The van der Waals surface area contributed by atoms with Gasteiger partial charge in [0.1, 0.15) is 0 Å². The molecule has 1 N–H and O–H groups in total. The predicted molar refractivity (Wildman–Crippen MR) is 78.1 cm³/mol.